The van der Waals surface area contributed by atoms with Crippen LogP contribution in [0, 0.1) is 0 Å². The molecule has 1 heterocycles. The molecule has 0 radical (unpaired) electrons. The third kappa shape index (κ3) is 3.96. The van der Waals surface area contributed by atoms with Gasteiger partial charge in [0.15, 0.2) is 0 Å². The second-order valence-corrected chi connectivity index (χ2v) is 6.53. The summed E-state index contributed by atoms with van der Waals surface area (Å²) in [6, 6.07) is 12.5. The molecule has 2 aromatic rings. The van der Waals surface area contributed by atoms with Crippen LogP contribution in [0.25, 0.3) is 0 Å². The monoisotopic (exact) mass is 354 g/mol. The van der Waals surface area contributed by atoms with Crippen LogP contribution in [0.3, 0.4) is 0 Å². The van der Waals surface area contributed by atoms with Crippen molar-refractivity contribution in [2.24, 2.45) is 0 Å². The average Bonchev–Trinajstić information content (AvgIpc) is 2.99. The number of carboxylic acid groups (broad SMARTS) is 1. The zero-order valence-electron chi connectivity index (χ0n) is 14.9. The predicted molar refractivity (Wildman–Crippen MR) is 100 cm³/mol. The number of aromatic carboxylic acids is 1. The van der Waals surface area contributed by atoms with E-state index in [0.717, 1.165) is 18.7 Å². The minimum atomic E-state index is -1.05. The number of carboxylic acids is 1. The zero-order valence-corrected chi connectivity index (χ0v) is 14.9. The van der Waals surface area contributed by atoms with E-state index in [4.69, 9.17) is 4.74 Å². The highest BCUT2D eigenvalue weighted by Crippen LogP contribution is 2.29. The number of fused-ring (bicyclic) bond motifs is 1. The highest BCUT2D eigenvalue weighted by Gasteiger charge is 2.21. The van der Waals surface area contributed by atoms with E-state index >= 15 is 0 Å². The Morgan fingerprint density at radius 2 is 2.00 bits per heavy atom. The van der Waals surface area contributed by atoms with Gasteiger partial charge in [-0.25, -0.2) is 4.79 Å². The maximum Gasteiger partial charge on any atom is 0.335 e. The third-order valence-electron chi connectivity index (χ3n) is 4.18. The van der Waals surface area contributed by atoms with Crippen molar-refractivity contribution in [3.63, 3.8) is 0 Å². The summed E-state index contributed by atoms with van der Waals surface area (Å²) in [6.45, 7) is 4.74. The largest absolute Gasteiger partial charge is 0.489 e. The fourth-order valence-corrected chi connectivity index (χ4v) is 3.05. The topological polar surface area (TPSA) is 78.9 Å². The van der Waals surface area contributed by atoms with Crippen LogP contribution >= 0.6 is 0 Å². The van der Waals surface area contributed by atoms with Crippen molar-refractivity contribution in [2.45, 2.75) is 26.4 Å². The lowest BCUT2D eigenvalue weighted by Gasteiger charge is -2.20. The van der Waals surface area contributed by atoms with Gasteiger partial charge in [0.1, 0.15) is 5.75 Å². The van der Waals surface area contributed by atoms with Gasteiger partial charge in [-0.3, -0.25) is 4.79 Å². The molecule has 0 atom stereocenters. The molecule has 1 amide bonds. The number of nitrogens with one attached hydrogen (secondary N) is 1. The lowest BCUT2D eigenvalue weighted by molar-refractivity contribution is -0.115. The van der Waals surface area contributed by atoms with Crippen LogP contribution in [-0.4, -0.2) is 36.2 Å². The summed E-state index contributed by atoms with van der Waals surface area (Å²) in [5.41, 5.74) is 2.77. The maximum absolute atomic E-state index is 12.5. The zero-order chi connectivity index (χ0) is 18.7. The van der Waals surface area contributed by atoms with Gasteiger partial charge in [-0.15, -0.1) is 0 Å². The average molecular weight is 354 g/mol. The quantitative estimate of drug-likeness (QED) is 0.833. The molecule has 2 N–H and O–H groups in total. The van der Waals surface area contributed by atoms with Crippen LogP contribution < -0.4 is 15.0 Å². The molecule has 136 valence electrons. The van der Waals surface area contributed by atoms with E-state index in [-0.39, 0.29) is 24.1 Å². The lowest BCUT2D eigenvalue weighted by atomic mass is 10.2. The Morgan fingerprint density at radius 1 is 1.23 bits per heavy atom. The SMILES string of the molecule is CC(C)Oc1ccc(C(=O)O)cc1NC(=O)CN1CCc2ccccc21. The lowest BCUT2D eigenvalue weighted by Crippen LogP contribution is -2.32. The van der Waals surface area contributed by atoms with Gasteiger partial charge >= 0.3 is 5.97 Å². The number of carbonyl (C=O) groups excluding carboxylic acids is 1. The molecule has 1 aliphatic heterocycles. The molecule has 0 saturated carbocycles. The molecule has 2 aromatic carbocycles. The number of carbonyl (C=O) groups is 2. The number of rotatable bonds is 6. The number of nitrogens with zero attached hydrogens (tertiary/aromatic N) is 1. The summed E-state index contributed by atoms with van der Waals surface area (Å²) in [4.78, 5) is 25.8. The molecular weight excluding hydrogens is 332 g/mol. The van der Waals surface area contributed by atoms with E-state index in [1.807, 2.05) is 36.9 Å². The Bertz CT molecular complexity index is 832. The molecule has 0 fully saturated rings. The maximum atomic E-state index is 12.5. The molecule has 6 nitrogen and oxygen atoms in total. The second-order valence-electron chi connectivity index (χ2n) is 6.53. The molecule has 3 rings (SSSR count). The highest BCUT2D eigenvalue weighted by atomic mass is 16.5. The van der Waals surface area contributed by atoms with Crippen LogP contribution in [0.2, 0.25) is 0 Å². The van der Waals surface area contributed by atoms with E-state index in [1.54, 1.807) is 6.07 Å². The van der Waals surface area contributed by atoms with Gasteiger partial charge in [0, 0.05) is 12.2 Å². The van der Waals surface area contributed by atoms with Gasteiger partial charge in [-0.2, -0.15) is 0 Å². The minimum Gasteiger partial charge on any atom is -0.489 e. The Morgan fingerprint density at radius 3 is 2.73 bits per heavy atom. The Balaban J connectivity index is 1.76. The second kappa shape index (κ2) is 7.47. The summed E-state index contributed by atoms with van der Waals surface area (Å²) < 4.78 is 5.69. The summed E-state index contributed by atoms with van der Waals surface area (Å²) >= 11 is 0. The van der Waals surface area contributed by atoms with E-state index < -0.39 is 5.97 Å². The van der Waals surface area contributed by atoms with Crippen molar-refractivity contribution >= 4 is 23.3 Å². The van der Waals surface area contributed by atoms with Crippen LogP contribution in [0.1, 0.15) is 29.8 Å². The number of hydrogen-bond donors (Lipinski definition) is 2. The Hall–Kier alpha value is -3.02. The normalized spacial score (nSPS) is 12.8. The number of anilines is 2. The van der Waals surface area contributed by atoms with Gasteiger partial charge in [-0.05, 0) is 50.1 Å². The van der Waals surface area contributed by atoms with Crippen LogP contribution in [0.5, 0.6) is 5.75 Å². The molecule has 0 spiro atoms. The van der Waals surface area contributed by atoms with Gasteiger partial charge in [-0.1, -0.05) is 18.2 Å². The molecular formula is C20H22N2O4. The predicted octanol–water partition coefficient (Wildman–Crippen LogP) is 3.17. The molecule has 6 heteroatoms. The number of benzene rings is 2. The van der Waals surface area contributed by atoms with Crippen LogP contribution in [-0.2, 0) is 11.2 Å². The molecule has 1 aliphatic rings. The van der Waals surface area contributed by atoms with Gasteiger partial charge in [0.05, 0.1) is 23.9 Å². The third-order valence-corrected chi connectivity index (χ3v) is 4.18. The van der Waals surface area contributed by atoms with Gasteiger partial charge < -0.3 is 20.1 Å². The van der Waals surface area contributed by atoms with Crippen molar-refractivity contribution in [1.29, 1.82) is 0 Å². The summed E-state index contributed by atoms with van der Waals surface area (Å²) in [5.74, 6) is -0.803. The molecule has 0 saturated heterocycles. The number of ether oxygens (including phenoxy) is 1. The molecule has 0 unspecified atom stereocenters. The van der Waals surface area contributed by atoms with Crippen molar-refractivity contribution < 1.29 is 19.4 Å². The standard InChI is InChI=1S/C20H22N2O4/c1-13(2)26-18-8-7-15(20(24)25)11-16(18)21-19(23)12-22-10-9-14-5-3-4-6-17(14)22/h3-8,11,13H,9-10,12H2,1-2H3,(H,21,23)(H,24,25). The van der Waals surface area contributed by atoms with Crippen LogP contribution in [0.15, 0.2) is 42.5 Å². The first-order valence-corrected chi connectivity index (χ1v) is 8.60. The van der Waals surface area contributed by atoms with E-state index in [1.165, 1.54) is 17.7 Å². The van der Waals surface area contributed by atoms with Crippen molar-refractivity contribution in [3.05, 3.63) is 53.6 Å². The first kappa shape index (κ1) is 17.8. The molecule has 0 bridgehead atoms. The van der Waals surface area contributed by atoms with E-state index in [9.17, 15) is 14.7 Å². The van der Waals surface area contributed by atoms with Crippen molar-refractivity contribution in [2.75, 3.05) is 23.3 Å². The first-order chi connectivity index (χ1) is 12.4. The highest BCUT2D eigenvalue weighted by molar-refractivity contribution is 5.97. The fraction of sp³-hybridized carbons (Fsp3) is 0.300. The summed E-state index contributed by atoms with van der Waals surface area (Å²) in [7, 11) is 0. The molecule has 26 heavy (non-hydrogen) atoms. The number of para-hydroxylation sites is 1. The smallest absolute Gasteiger partial charge is 0.335 e. The van der Waals surface area contributed by atoms with Gasteiger partial charge in [0.2, 0.25) is 5.91 Å². The molecule has 0 aliphatic carbocycles. The number of amides is 1. The van der Waals surface area contributed by atoms with E-state index in [2.05, 4.69) is 11.4 Å². The van der Waals surface area contributed by atoms with Crippen molar-refractivity contribution in [3.8, 4) is 5.75 Å². The molecule has 0 aromatic heterocycles. The van der Waals surface area contributed by atoms with Crippen molar-refractivity contribution in [1.82, 2.24) is 0 Å². The summed E-state index contributed by atoms with van der Waals surface area (Å²) in [5, 5.41) is 12.0. The Labute approximate surface area is 152 Å². The van der Waals surface area contributed by atoms with Gasteiger partial charge in [0.25, 0.3) is 0 Å². The van der Waals surface area contributed by atoms with E-state index in [0.29, 0.717) is 11.4 Å². The first-order valence-electron chi connectivity index (χ1n) is 8.60. The summed E-state index contributed by atoms with van der Waals surface area (Å²) in [6.07, 6.45) is 0.825. The number of hydrogen-bond acceptors (Lipinski definition) is 4. The fourth-order valence-electron chi connectivity index (χ4n) is 3.05. The minimum absolute atomic E-state index is 0.0909. The van der Waals surface area contributed by atoms with Crippen LogP contribution in [0.4, 0.5) is 11.4 Å². The Kier molecular flexibility index (Phi) is 5.11.